The summed E-state index contributed by atoms with van der Waals surface area (Å²) in [5.74, 6) is -1.30. The van der Waals surface area contributed by atoms with Gasteiger partial charge in [-0.05, 0) is 30.2 Å². The highest BCUT2D eigenvalue weighted by atomic mass is 32.2. The zero-order valence-electron chi connectivity index (χ0n) is 12.3. The van der Waals surface area contributed by atoms with E-state index in [4.69, 9.17) is 0 Å². The van der Waals surface area contributed by atoms with Crippen LogP contribution in [0.15, 0.2) is 48.5 Å². The number of aryl methyl sites for hydroxylation is 1. The summed E-state index contributed by atoms with van der Waals surface area (Å²) in [4.78, 5) is 10.8. The van der Waals surface area contributed by atoms with Crippen LogP contribution in [0.3, 0.4) is 0 Å². The molecule has 0 spiro atoms. The van der Waals surface area contributed by atoms with Crippen molar-refractivity contribution in [2.45, 2.75) is 13.5 Å². The first-order valence-electron chi connectivity index (χ1n) is 6.62. The topological polar surface area (TPSA) is 77.5 Å². The van der Waals surface area contributed by atoms with E-state index in [1.807, 2.05) is 31.2 Å². The van der Waals surface area contributed by atoms with Gasteiger partial charge < -0.3 is 9.90 Å². The number of carbonyl (C=O) groups is 1. The molecule has 0 amide bonds. The Morgan fingerprint density at radius 2 is 1.59 bits per heavy atom. The monoisotopic (exact) mass is 318 g/mol. The Morgan fingerprint density at radius 3 is 2.05 bits per heavy atom. The number of carboxylic acid groups (broad SMARTS) is 1. The first-order chi connectivity index (χ1) is 10.3. The second kappa shape index (κ2) is 6.19. The van der Waals surface area contributed by atoms with Gasteiger partial charge in [-0.2, -0.15) is 0 Å². The standard InChI is InChI=1S/C16H17NO4S/c1-12-3-5-13(6-4-12)11-17(22(2,20)21)15-9-7-14(8-10-15)16(18)19/h3-10H,11H2,1-2H3,(H,18,19)/p-1. The molecule has 0 saturated heterocycles. The number of carboxylic acids is 1. The maximum atomic E-state index is 12.0. The van der Waals surface area contributed by atoms with Gasteiger partial charge in [0.1, 0.15) is 0 Å². The molecular weight excluding hydrogens is 302 g/mol. The van der Waals surface area contributed by atoms with Gasteiger partial charge in [-0.15, -0.1) is 0 Å². The van der Waals surface area contributed by atoms with Crippen LogP contribution in [0, 0.1) is 6.92 Å². The molecule has 0 unspecified atom stereocenters. The number of hydrogen-bond donors (Lipinski definition) is 0. The number of aromatic carboxylic acids is 1. The molecule has 0 saturated carbocycles. The summed E-state index contributed by atoms with van der Waals surface area (Å²) < 4.78 is 25.3. The Bertz CT molecular complexity index is 765. The fourth-order valence-electron chi connectivity index (χ4n) is 2.02. The molecule has 0 atom stereocenters. The van der Waals surface area contributed by atoms with Gasteiger partial charge in [0.2, 0.25) is 10.0 Å². The van der Waals surface area contributed by atoms with Gasteiger partial charge in [-0.25, -0.2) is 8.42 Å². The van der Waals surface area contributed by atoms with Crippen LogP contribution in [0.25, 0.3) is 0 Å². The van der Waals surface area contributed by atoms with E-state index >= 15 is 0 Å². The van der Waals surface area contributed by atoms with E-state index in [2.05, 4.69) is 0 Å². The van der Waals surface area contributed by atoms with Crippen molar-refractivity contribution in [1.29, 1.82) is 0 Å². The largest absolute Gasteiger partial charge is 0.545 e. The van der Waals surface area contributed by atoms with Crippen molar-refractivity contribution in [1.82, 2.24) is 0 Å². The van der Waals surface area contributed by atoms with E-state index < -0.39 is 16.0 Å². The average molecular weight is 318 g/mol. The summed E-state index contributed by atoms with van der Waals surface area (Å²) in [6.45, 7) is 2.14. The predicted octanol–water partition coefficient (Wildman–Crippen LogP) is 1.32. The molecule has 22 heavy (non-hydrogen) atoms. The van der Waals surface area contributed by atoms with Gasteiger partial charge in [-0.1, -0.05) is 42.0 Å². The van der Waals surface area contributed by atoms with Crippen LogP contribution in [0.2, 0.25) is 0 Å². The van der Waals surface area contributed by atoms with Crippen LogP contribution in [0.5, 0.6) is 0 Å². The molecule has 6 heteroatoms. The zero-order chi connectivity index (χ0) is 16.3. The maximum absolute atomic E-state index is 12.0. The highest BCUT2D eigenvalue weighted by Crippen LogP contribution is 2.21. The van der Waals surface area contributed by atoms with Crippen molar-refractivity contribution in [3.8, 4) is 0 Å². The smallest absolute Gasteiger partial charge is 0.232 e. The van der Waals surface area contributed by atoms with Gasteiger partial charge in [0.25, 0.3) is 0 Å². The Morgan fingerprint density at radius 1 is 1.05 bits per heavy atom. The first kappa shape index (κ1) is 16.0. The number of rotatable bonds is 5. The SMILES string of the molecule is Cc1ccc(CN(c2ccc(C(=O)[O-])cc2)S(C)(=O)=O)cc1. The number of nitrogens with zero attached hydrogens (tertiary/aromatic N) is 1. The van der Waals surface area contributed by atoms with Gasteiger partial charge in [0, 0.05) is 0 Å². The first-order valence-corrected chi connectivity index (χ1v) is 8.47. The van der Waals surface area contributed by atoms with Crippen molar-refractivity contribution in [2.75, 3.05) is 10.6 Å². The van der Waals surface area contributed by atoms with Crippen LogP contribution >= 0.6 is 0 Å². The fraction of sp³-hybridized carbons (Fsp3) is 0.188. The lowest BCUT2D eigenvalue weighted by Gasteiger charge is -2.23. The van der Waals surface area contributed by atoms with E-state index in [1.54, 1.807) is 0 Å². The number of hydrogen-bond acceptors (Lipinski definition) is 4. The minimum Gasteiger partial charge on any atom is -0.545 e. The minimum absolute atomic E-state index is 0.00698. The molecule has 0 aliphatic carbocycles. The van der Waals surface area contributed by atoms with Crippen LogP contribution < -0.4 is 9.41 Å². The molecule has 0 N–H and O–H groups in total. The van der Waals surface area contributed by atoms with Crippen molar-refractivity contribution in [2.24, 2.45) is 0 Å². The van der Waals surface area contributed by atoms with Gasteiger partial charge in [-0.3, -0.25) is 4.31 Å². The average Bonchev–Trinajstić information content (AvgIpc) is 2.45. The van der Waals surface area contributed by atoms with Crippen LogP contribution in [-0.4, -0.2) is 20.6 Å². The third-order valence-corrected chi connectivity index (χ3v) is 4.38. The highest BCUT2D eigenvalue weighted by Gasteiger charge is 2.17. The lowest BCUT2D eigenvalue weighted by molar-refractivity contribution is -0.255. The number of sulfonamides is 1. The second-order valence-electron chi connectivity index (χ2n) is 5.09. The van der Waals surface area contributed by atoms with E-state index in [-0.39, 0.29) is 12.1 Å². The van der Waals surface area contributed by atoms with Crippen molar-refractivity contribution >= 4 is 21.7 Å². The summed E-state index contributed by atoms with van der Waals surface area (Å²) in [6, 6.07) is 13.1. The third kappa shape index (κ3) is 3.85. The lowest BCUT2D eigenvalue weighted by atomic mass is 10.1. The lowest BCUT2D eigenvalue weighted by Crippen LogP contribution is -2.29. The van der Waals surface area contributed by atoms with Gasteiger partial charge >= 0.3 is 0 Å². The third-order valence-electron chi connectivity index (χ3n) is 3.24. The molecule has 0 aliphatic rings. The zero-order valence-corrected chi connectivity index (χ0v) is 13.1. The minimum atomic E-state index is -3.49. The van der Waals surface area contributed by atoms with Crippen LogP contribution in [0.1, 0.15) is 21.5 Å². The molecule has 0 radical (unpaired) electrons. The molecule has 0 fully saturated rings. The molecule has 0 bridgehead atoms. The second-order valence-corrected chi connectivity index (χ2v) is 7.00. The van der Waals surface area contributed by atoms with Crippen molar-refractivity contribution in [3.63, 3.8) is 0 Å². The fourth-order valence-corrected chi connectivity index (χ4v) is 2.91. The molecule has 2 aromatic carbocycles. The maximum Gasteiger partial charge on any atom is 0.232 e. The Balaban J connectivity index is 2.34. The van der Waals surface area contributed by atoms with Gasteiger partial charge in [0.05, 0.1) is 24.5 Å². The predicted molar refractivity (Wildman–Crippen MR) is 83.0 cm³/mol. The van der Waals surface area contributed by atoms with E-state index in [1.165, 1.54) is 28.6 Å². The molecule has 116 valence electrons. The molecule has 0 aromatic heterocycles. The molecule has 2 aromatic rings. The normalized spacial score (nSPS) is 11.2. The quantitative estimate of drug-likeness (QED) is 0.833. The Hall–Kier alpha value is -2.34. The van der Waals surface area contributed by atoms with Crippen molar-refractivity contribution in [3.05, 3.63) is 65.2 Å². The summed E-state index contributed by atoms with van der Waals surface area (Å²) in [5.41, 5.74) is 2.36. The summed E-state index contributed by atoms with van der Waals surface area (Å²) in [5, 5.41) is 10.8. The summed E-state index contributed by atoms with van der Waals surface area (Å²) in [6.07, 6.45) is 1.12. The van der Waals surface area contributed by atoms with Gasteiger partial charge in [0.15, 0.2) is 0 Å². The molecule has 5 nitrogen and oxygen atoms in total. The summed E-state index contributed by atoms with van der Waals surface area (Å²) >= 11 is 0. The van der Waals surface area contributed by atoms with Crippen LogP contribution in [-0.2, 0) is 16.6 Å². The molecular formula is C16H16NO4S-. The summed E-state index contributed by atoms with van der Waals surface area (Å²) in [7, 11) is -3.49. The van der Waals surface area contributed by atoms with Crippen molar-refractivity contribution < 1.29 is 18.3 Å². The van der Waals surface area contributed by atoms with E-state index in [0.717, 1.165) is 17.4 Å². The number of carbonyl (C=O) groups excluding carboxylic acids is 1. The number of benzene rings is 2. The Labute approximate surface area is 129 Å². The molecule has 0 aliphatic heterocycles. The molecule has 2 rings (SSSR count). The number of anilines is 1. The highest BCUT2D eigenvalue weighted by molar-refractivity contribution is 7.92. The molecule has 0 heterocycles. The Kier molecular flexibility index (Phi) is 4.51. The van der Waals surface area contributed by atoms with E-state index in [0.29, 0.717) is 5.69 Å². The van der Waals surface area contributed by atoms with E-state index in [9.17, 15) is 18.3 Å². The van der Waals surface area contributed by atoms with Crippen LogP contribution in [0.4, 0.5) is 5.69 Å².